The van der Waals surface area contributed by atoms with Gasteiger partial charge in [-0.05, 0) is 19.9 Å². The van der Waals surface area contributed by atoms with Crippen molar-refractivity contribution in [1.29, 1.82) is 0 Å². The van der Waals surface area contributed by atoms with Crippen LogP contribution in [0.5, 0.6) is 0 Å². The van der Waals surface area contributed by atoms with Crippen molar-refractivity contribution in [3.05, 3.63) is 17.5 Å². The van der Waals surface area contributed by atoms with Crippen LogP contribution in [0.2, 0.25) is 0 Å². The quantitative estimate of drug-likeness (QED) is 0.855. The Balaban J connectivity index is 1.74. The number of hydrogen-bond acceptors (Lipinski definition) is 3. The molecular weight excluding hydrogens is 246 g/mol. The molecule has 1 saturated heterocycles. The second-order valence-corrected chi connectivity index (χ2v) is 5.16. The van der Waals surface area contributed by atoms with Crippen LogP contribution in [0.4, 0.5) is 0 Å². The van der Waals surface area contributed by atoms with Crippen molar-refractivity contribution in [2.24, 2.45) is 5.92 Å². The van der Waals surface area contributed by atoms with Crippen molar-refractivity contribution in [2.75, 3.05) is 13.1 Å². The van der Waals surface area contributed by atoms with E-state index < -0.39 is 5.97 Å². The van der Waals surface area contributed by atoms with Crippen LogP contribution in [0.3, 0.4) is 0 Å². The Morgan fingerprint density at radius 3 is 2.63 bits per heavy atom. The predicted octanol–water partition coefficient (Wildman–Crippen LogP) is 0.823. The normalized spacial score (nSPS) is 15.4. The van der Waals surface area contributed by atoms with Gasteiger partial charge in [0.1, 0.15) is 0 Å². The van der Waals surface area contributed by atoms with Gasteiger partial charge < -0.3 is 10.0 Å². The number of aryl methyl sites for hydroxylation is 3. The molecule has 6 nitrogen and oxygen atoms in total. The SMILES string of the molecule is Cc1cc(C)n(CCC(=O)N2CC(CC(=O)O)C2)n1. The molecule has 1 aliphatic rings. The molecule has 1 aromatic heterocycles. The van der Waals surface area contributed by atoms with Crippen molar-refractivity contribution < 1.29 is 14.7 Å². The Kier molecular flexibility index (Phi) is 3.87. The first-order valence-electron chi connectivity index (χ1n) is 6.46. The fourth-order valence-electron chi connectivity index (χ4n) is 2.41. The minimum atomic E-state index is -0.792. The number of hydrogen-bond donors (Lipinski definition) is 1. The van der Waals surface area contributed by atoms with Gasteiger partial charge in [0.25, 0.3) is 0 Å². The highest BCUT2D eigenvalue weighted by Crippen LogP contribution is 2.20. The number of aromatic nitrogens is 2. The fraction of sp³-hybridized carbons (Fsp3) is 0.615. The summed E-state index contributed by atoms with van der Waals surface area (Å²) in [5.74, 6) is -0.593. The zero-order chi connectivity index (χ0) is 14.0. The first-order chi connectivity index (χ1) is 8.95. The highest BCUT2D eigenvalue weighted by Gasteiger charge is 2.31. The average Bonchev–Trinajstić information content (AvgIpc) is 2.58. The topological polar surface area (TPSA) is 75.4 Å². The molecule has 1 amide bonds. The maximum atomic E-state index is 11.9. The summed E-state index contributed by atoms with van der Waals surface area (Å²) in [4.78, 5) is 24.1. The summed E-state index contributed by atoms with van der Waals surface area (Å²) < 4.78 is 1.84. The zero-order valence-electron chi connectivity index (χ0n) is 11.3. The third-order valence-corrected chi connectivity index (χ3v) is 3.41. The van der Waals surface area contributed by atoms with E-state index >= 15 is 0 Å². The molecule has 1 N–H and O–H groups in total. The van der Waals surface area contributed by atoms with Crippen molar-refractivity contribution in [1.82, 2.24) is 14.7 Å². The molecular formula is C13H19N3O3. The van der Waals surface area contributed by atoms with Gasteiger partial charge in [-0.25, -0.2) is 0 Å². The molecule has 0 atom stereocenters. The molecule has 1 aromatic rings. The van der Waals surface area contributed by atoms with Crippen LogP contribution in [-0.2, 0) is 16.1 Å². The molecule has 0 spiro atoms. The number of nitrogens with zero attached hydrogens (tertiary/aromatic N) is 3. The third-order valence-electron chi connectivity index (χ3n) is 3.41. The van der Waals surface area contributed by atoms with Crippen molar-refractivity contribution >= 4 is 11.9 Å². The number of likely N-dealkylation sites (tertiary alicyclic amines) is 1. The summed E-state index contributed by atoms with van der Waals surface area (Å²) in [7, 11) is 0. The van der Waals surface area contributed by atoms with Crippen molar-refractivity contribution in [3.8, 4) is 0 Å². The van der Waals surface area contributed by atoms with E-state index in [1.165, 1.54) is 0 Å². The lowest BCUT2D eigenvalue weighted by Crippen LogP contribution is -2.50. The van der Waals surface area contributed by atoms with Gasteiger partial charge in [-0.2, -0.15) is 5.10 Å². The molecule has 6 heteroatoms. The molecule has 19 heavy (non-hydrogen) atoms. The maximum Gasteiger partial charge on any atom is 0.303 e. The van der Waals surface area contributed by atoms with Crippen molar-refractivity contribution in [2.45, 2.75) is 33.2 Å². The molecule has 0 bridgehead atoms. The second-order valence-electron chi connectivity index (χ2n) is 5.16. The monoisotopic (exact) mass is 265 g/mol. The lowest BCUT2D eigenvalue weighted by atomic mass is 9.96. The van der Waals surface area contributed by atoms with E-state index in [1.807, 2.05) is 24.6 Å². The van der Waals surface area contributed by atoms with E-state index in [9.17, 15) is 9.59 Å². The summed E-state index contributed by atoms with van der Waals surface area (Å²) in [6, 6.07) is 1.98. The van der Waals surface area contributed by atoms with Crippen LogP contribution >= 0.6 is 0 Å². The Labute approximate surface area is 112 Å². The zero-order valence-corrected chi connectivity index (χ0v) is 11.3. The molecule has 2 rings (SSSR count). The van der Waals surface area contributed by atoms with Gasteiger partial charge >= 0.3 is 5.97 Å². The molecule has 0 radical (unpaired) electrons. The number of aliphatic carboxylic acids is 1. The Morgan fingerprint density at radius 1 is 1.42 bits per heavy atom. The number of carbonyl (C=O) groups excluding carboxylic acids is 1. The van der Waals surface area contributed by atoms with E-state index in [4.69, 9.17) is 5.11 Å². The van der Waals surface area contributed by atoms with Gasteiger partial charge in [0.05, 0.1) is 12.1 Å². The molecule has 0 aliphatic carbocycles. The second kappa shape index (κ2) is 5.42. The summed E-state index contributed by atoms with van der Waals surface area (Å²) >= 11 is 0. The van der Waals surface area contributed by atoms with Crippen LogP contribution < -0.4 is 0 Å². The van der Waals surface area contributed by atoms with E-state index in [2.05, 4.69) is 5.10 Å². The average molecular weight is 265 g/mol. The van der Waals surface area contributed by atoms with Crippen molar-refractivity contribution in [3.63, 3.8) is 0 Å². The van der Waals surface area contributed by atoms with E-state index in [1.54, 1.807) is 4.90 Å². The first-order valence-corrected chi connectivity index (χ1v) is 6.46. The minimum Gasteiger partial charge on any atom is -0.481 e. The molecule has 0 aromatic carbocycles. The first kappa shape index (κ1) is 13.6. The largest absolute Gasteiger partial charge is 0.481 e. The Hall–Kier alpha value is -1.85. The predicted molar refractivity (Wildman–Crippen MR) is 68.6 cm³/mol. The smallest absolute Gasteiger partial charge is 0.303 e. The molecule has 2 heterocycles. The van der Waals surface area contributed by atoms with E-state index in [0.29, 0.717) is 26.1 Å². The summed E-state index contributed by atoms with van der Waals surface area (Å²) in [6.07, 6.45) is 0.572. The molecule has 104 valence electrons. The molecule has 1 aliphatic heterocycles. The number of carboxylic acid groups (broad SMARTS) is 1. The van der Waals surface area contributed by atoms with Gasteiger partial charge in [-0.3, -0.25) is 14.3 Å². The van der Waals surface area contributed by atoms with Gasteiger partial charge in [-0.1, -0.05) is 0 Å². The van der Waals surface area contributed by atoms with E-state index in [0.717, 1.165) is 11.4 Å². The highest BCUT2D eigenvalue weighted by molar-refractivity contribution is 5.77. The summed E-state index contributed by atoms with van der Waals surface area (Å²) in [5.41, 5.74) is 2.01. The lowest BCUT2D eigenvalue weighted by molar-refractivity contribution is -0.145. The molecule has 0 saturated carbocycles. The number of rotatable bonds is 5. The van der Waals surface area contributed by atoms with Crippen LogP contribution in [0, 0.1) is 19.8 Å². The van der Waals surface area contributed by atoms with Gasteiger partial charge in [0.15, 0.2) is 0 Å². The number of carbonyl (C=O) groups is 2. The summed E-state index contributed by atoms with van der Waals surface area (Å²) in [5, 5.41) is 13.0. The van der Waals surface area contributed by atoms with Crippen LogP contribution in [0.15, 0.2) is 6.07 Å². The van der Waals surface area contributed by atoms with Crippen LogP contribution in [0.25, 0.3) is 0 Å². The lowest BCUT2D eigenvalue weighted by Gasteiger charge is -2.38. The van der Waals surface area contributed by atoms with Crippen LogP contribution in [-0.4, -0.2) is 44.8 Å². The van der Waals surface area contributed by atoms with Gasteiger partial charge in [0, 0.05) is 37.7 Å². The summed E-state index contributed by atoms with van der Waals surface area (Å²) in [6.45, 7) is 5.62. The minimum absolute atomic E-state index is 0.0780. The van der Waals surface area contributed by atoms with Gasteiger partial charge in [0.2, 0.25) is 5.91 Å². The molecule has 0 unspecified atom stereocenters. The number of amides is 1. The third kappa shape index (κ3) is 3.33. The Bertz CT molecular complexity index is 489. The Morgan fingerprint density at radius 2 is 2.11 bits per heavy atom. The standard InChI is InChI=1S/C13H19N3O3/c1-9-5-10(2)16(14-9)4-3-12(17)15-7-11(8-15)6-13(18)19/h5,11H,3-4,6-8H2,1-2H3,(H,18,19). The fourth-order valence-corrected chi connectivity index (χ4v) is 2.41. The van der Waals surface area contributed by atoms with Gasteiger partial charge in [-0.15, -0.1) is 0 Å². The molecule has 1 fully saturated rings. The van der Waals surface area contributed by atoms with Crippen LogP contribution in [0.1, 0.15) is 24.2 Å². The highest BCUT2D eigenvalue weighted by atomic mass is 16.4. The maximum absolute atomic E-state index is 11.9. The van der Waals surface area contributed by atoms with E-state index in [-0.39, 0.29) is 18.2 Å². The number of carboxylic acids is 1.